The number of pyridine rings is 1. The van der Waals surface area contributed by atoms with Crippen molar-refractivity contribution in [1.82, 2.24) is 4.98 Å². The van der Waals surface area contributed by atoms with E-state index in [4.69, 9.17) is 29.0 Å². The Morgan fingerprint density at radius 3 is 2.59 bits per heavy atom. The lowest BCUT2D eigenvalue weighted by Gasteiger charge is -2.09. The molecular weight excluding hydrogens is 259 g/mol. The Morgan fingerprint density at radius 2 is 1.82 bits per heavy atom. The van der Waals surface area contributed by atoms with Crippen molar-refractivity contribution >= 4 is 40.5 Å². The molecule has 0 amide bonds. The number of anilines is 3. The van der Waals surface area contributed by atoms with Crippen LogP contribution in [0.25, 0.3) is 0 Å². The van der Waals surface area contributed by atoms with E-state index in [2.05, 4.69) is 15.7 Å². The molecule has 1 heterocycles. The van der Waals surface area contributed by atoms with Gasteiger partial charge in [-0.1, -0.05) is 29.3 Å². The molecule has 2 rings (SSSR count). The lowest BCUT2D eigenvalue weighted by atomic mass is 10.3. The Kier molecular flexibility index (Phi) is 3.68. The van der Waals surface area contributed by atoms with Gasteiger partial charge in [-0.15, -0.1) is 0 Å². The number of nitrogens with two attached hydrogens (primary N) is 1. The maximum atomic E-state index is 6.03. The number of hydrogen-bond donors (Lipinski definition) is 3. The van der Waals surface area contributed by atoms with Crippen molar-refractivity contribution in [2.24, 2.45) is 5.84 Å². The summed E-state index contributed by atoms with van der Waals surface area (Å²) in [6.07, 6.45) is 0. The van der Waals surface area contributed by atoms with Gasteiger partial charge < -0.3 is 10.7 Å². The highest BCUT2D eigenvalue weighted by Gasteiger charge is 2.03. The van der Waals surface area contributed by atoms with E-state index in [1.807, 2.05) is 6.07 Å². The van der Waals surface area contributed by atoms with E-state index >= 15 is 0 Å². The molecule has 0 aliphatic carbocycles. The third-order valence-corrected chi connectivity index (χ3v) is 2.65. The van der Waals surface area contributed by atoms with Crippen LogP contribution in [0.5, 0.6) is 0 Å². The SMILES string of the molecule is NNc1cccc(Nc2cc(Cl)ccc2Cl)n1. The van der Waals surface area contributed by atoms with Crippen LogP contribution in [0.3, 0.4) is 0 Å². The number of hydrogen-bond acceptors (Lipinski definition) is 4. The molecule has 0 spiro atoms. The lowest BCUT2D eigenvalue weighted by Crippen LogP contribution is -2.08. The summed E-state index contributed by atoms with van der Waals surface area (Å²) in [7, 11) is 0. The predicted molar refractivity (Wildman–Crippen MR) is 71.8 cm³/mol. The zero-order valence-corrected chi connectivity index (χ0v) is 10.3. The molecule has 0 saturated carbocycles. The largest absolute Gasteiger partial charge is 0.339 e. The predicted octanol–water partition coefficient (Wildman–Crippen LogP) is 3.42. The first kappa shape index (κ1) is 12.0. The normalized spacial score (nSPS) is 10.1. The number of halogens is 2. The fraction of sp³-hybridized carbons (Fsp3) is 0. The lowest BCUT2D eigenvalue weighted by molar-refractivity contribution is 1.22. The van der Waals surface area contributed by atoms with Crippen LogP contribution in [0.4, 0.5) is 17.3 Å². The van der Waals surface area contributed by atoms with Crippen LogP contribution in [-0.4, -0.2) is 4.98 Å². The summed E-state index contributed by atoms with van der Waals surface area (Å²) in [5.41, 5.74) is 3.16. The minimum atomic E-state index is 0.563. The molecule has 4 nitrogen and oxygen atoms in total. The van der Waals surface area contributed by atoms with Gasteiger partial charge in [0.15, 0.2) is 0 Å². The average Bonchev–Trinajstić information content (AvgIpc) is 2.34. The zero-order chi connectivity index (χ0) is 12.3. The monoisotopic (exact) mass is 268 g/mol. The molecule has 6 heteroatoms. The summed E-state index contributed by atoms with van der Waals surface area (Å²) in [4.78, 5) is 4.21. The average molecular weight is 269 g/mol. The Morgan fingerprint density at radius 1 is 1.06 bits per heavy atom. The van der Waals surface area contributed by atoms with E-state index in [9.17, 15) is 0 Å². The van der Waals surface area contributed by atoms with Crippen molar-refractivity contribution < 1.29 is 0 Å². The number of hydrazine groups is 1. The van der Waals surface area contributed by atoms with Crippen LogP contribution in [0.15, 0.2) is 36.4 Å². The van der Waals surface area contributed by atoms with Crippen LogP contribution in [0.2, 0.25) is 10.0 Å². The van der Waals surface area contributed by atoms with Gasteiger partial charge in [-0.2, -0.15) is 0 Å². The third-order valence-electron chi connectivity index (χ3n) is 2.09. The first-order valence-electron chi connectivity index (χ1n) is 4.85. The molecule has 17 heavy (non-hydrogen) atoms. The van der Waals surface area contributed by atoms with E-state index < -0.39 is 0 Å². The van der Waals surface area contributed by atoms with E-state index in [1.54, 1.807) is 30.3 Å². The molecule has 4 N–H and O–H groups in total. The number of rotatable bonds is 3. The van der Waals surface area contributed by atoms with Crippen LogP contribution >= 0.6 is 23.2 Å². The highest BCUT2D eigenvalue weighted by atomic mass is 35.5. The standard InChI is InChI=1S/C11H10Cl2N4/c12-7-4-5-8(13)9(6-7)15-10-2-1-3-11(16-10)17-14/h1-6H,14H2,(H2,15,16,17). The molecule has 0 unspecified atom stereocenters. The van der Waals surface area contributed by atoms with Crippen molar-refractivity contribution in [3.05, 3.63) is 46.4 Å². The van der Waals surface area contributed by atoms with Gasteiger partial charge in [0.25, 0.3) is 0 Å². The van der Waals surface area contributed by atoms with Gasteiger partial charge in [0.2, 0.25) is 0 Å². The molecule has 0 bridgehead atoms. The fourth-order valence-electron chi connectivity index (χ4n) is 1.32. The van der Waals surface area contributed by atoms with Crippen molar-refractivity contribution in [1.29, 1.82) is 0 Å². The zero-order valence-electron chi connectivity index (χ0n) is 8.74. The van der Waals surface area contributed by atoms with E-state index in [-0.39, 0.29) is 0 Å². The van der Waals surface area contributed by atoms with Gasteiger partial charge >= 0.3 is 0 Å². The Balaban J connectivity index is 2.27. The quantitative estimate of drug-likeness (QED) is 0.590. The number of benzene rings is 1. The molecule has 2 aromatic rings. The molecule has 0 saturated heterocycles. The Bertz CT molecular complexity index is 531. The Labute approximate surface area is 109 Å². The molecule has 88 valence electrons. The smallest absolute Gasteiger partial charge is 0.142 e. The number of nitrogen functional groups attached to an aromatic ring is 1. The van der Waals surface area contributed by atoms with E-state index in [0.717, 1.165) is 0 Å². The molecule has 0 aliphatic heterocycles. The second-order valence-corrected chi connectivity index (χ2v) is 4.15. The fourth-order valence-corrected chi connectivity index (χ4v) is 1.65. The second kappa shape index (κ2) is 5.23. The van der Waals surface area contributed by atoms with Gasteiger partial charge in [0.05, 0.1) is 10.7 Å². The minimum absolute atomic E-state index is 0.563. The molecule has 0 aliphatic rings. The topological polar surface area (TPSA) is 63.0 Å². The van der Waals surface area contributed by atoms with Crippen molar-refractivity contribution in [2.75, 3.05) is 10.7 Å². The molecule has 1 aromatic carbocycles. The summed E-state index contributed by atoms with van der Waals surface area (Å²) in [6, 6.07) is 10.6. The maximum absolute atomic E-state index is 6.03. The molecule has 0 radical (unpaired) electrons. The maximum Gasteiger partial charge on any atom is 0.142 e. The summed E-state index contributed by atoms with van der Waals surface area (Å²) < 4.78 is 0. The molecule has 0 atom stereocenters. The second-order valence-electron chi connectivity index (χ2n) is 3.30. The van der Waals surface area contributed by atoms with Gasteiger partial charge in [0, 0.05) is 5.02 Å². The number of nitrogens with one attached hydrogen (secondary N) is 2. The number of nitrogens with zero attached hydrogens (tertiary/aromatic N) is 1. The summed E-state index contributed by atoms with van der Waals surface area (Å²) in [6.45, 7) is 0. The van der Waals surface area contributed by atoms with Crippen molar-refractivity contribution in [3.63, 3.8) is 0 Å². The van der Waals surface area contributed by atoms with Gasteiger partial charge in [-0.05, 0) is 30.3 Å². The third kappa shape index (κ3) is 3.00. The van der Waals surface area contributed by atoms with Gasteiger partial charge in [-0.25, -0.2) is 10.8 Å². The van der Waals surface area contributed by atoms with Gasteiger partial charge in [0.1, 0.15) is 11.6 Å². The minimum Gasteiger partial charge on any atom is -0.339 e. The van der Waals surface area contributed by atoms with Crippen LogP contribution in [0.1, 0.15) is 0 Å². The Hall–Kier alpha value is -1.49. The summed E-state index contributed by atoms with van der Waals surface area (Å²) in [5.74, 6) is 6.47. The first-order valence-corrected chi connectivity index (χ1v) is 5.60. The van der Waals surface area contributed by atoms with Crippen molar-refractivity contribution in [3.8, 4) is 0 Å². The first-order chi connectivity index (χ1) is 8.19. The van der Waals surface area contributed by atoms with E-state index in [1.165, 1.54) is 0 Å². The molecule has 1 aromatic heterocycles. The summed E-state index contributed by atoms with van der Waals surface area (Å²) >= 11 is 11.9. The van der Waals surface area contributed by atoms with Crippen LogP contribution in [-0.2, 0) is 0 Å². The van der Waals surface area contributed by atoms with Gasteiger partial charge in [-0.3, -0.25) is 0 Å². The van der Waals surface area contributed by atoms with Crippen LogP contribution in [0, 0.1) is 0 Å². The molecule has 0 fully saturated rings. The van der Waals surface area contributed by atoms with Crippen molar-refractivity contribution in [2.45, 2.75) is 0 Å². The highest BCUT2D eigenvalue weighted by molar-refractivity contribution is 6.35. The van der Waals surface area contributed by atoms with Crippen LogP contribution < -0.4 is 16.6 Å². The van der Waals surface area contributed by atoms with E-state index in [0.29, 0.717) is 27.4 Å². The number of aromatic nitrogens is 1. The highest BCUT2D eigenvalue weighted by Crippen LogP contribution is 2.27. The summed E-state index contributed by atoms with van der Waals surface area (Å²) in [5, 5.41) is 4.24. The molecular formula is C11H10Cl2N4.